The molecule has 3 nitrogen and oxygen atoms in total. The first kappa shape index (κ1) is 55.1. The van der Waals surface area contributed by atoms with Crippen LogP contribution in [0, 0.1) is 0 Å². The van der Waals surface area contributed by atoms with Gasteiger partial charge in [-0.3, -0.25) is 0 Å². The van der Waals surface area contributed by atoms with Crippen LogP contribution in [0.5, 0.6) is 0 Å². The van der Waals surface area contributed by atoms with Crippen molar-refractivity contribution in [2.75, 3.05) is 14.7 Å². The van der Waals surface area contributed by atoms with Crippen molar-refractivity contribution in [1.29, 1.82) is 0 Å². The summed E-state index contributed by atoms with van der Waals surface area (Å²) in [5, 5.41) is 0. The van der Waals surface area contributed by atoms with Crippen molar-refractivity contribution < 1.29 is 0 Å². The minimum atomic E-state index is -0.197. The standard InChI is InChI=1S/C80H90BN3/c1-73(2,3)54-31-36-66(58(44-54)52-27-21-18-22-28-52)83-68-45-55(74(4,5)6)30-34-64(68)81-65-49-61-62(78(13,14)42-41-77(61,11)12)50-69(65)82(56-32-33-59-60(46-56)76(9,10)40-39-75(59,7)8)70-47-57(48-71(83)72(70)81)84-67-35-29-53(51-25-19-17-20-26-51)43-63(67)79(15)37-23-24-38-80(79,84)16/h17-22,25-36,43-50H,23-24,37-42H2,1-16H3. The molecule has 0 bridgehead atoms. The molecule has 3 aliphatic carbocycles. The van der Waals surface area contributed by atoms with E-state index in [0.717, 1.165) is 32.1 Å². The van der Waals surface area contributed by atoms with Gasteiger partial charge in [-0.05, 0) is 211 Å². The summed E-state index contributed by atoms with van der Waals surface area (Å²) in [6, 6.07) is 63.4. The first-order chi connectivity index (χ1) is 39.6. The van der Waals surface area contributed by atoms with E-state index >= 15 is 0 Å². The van der Waals surface area contributed by atoms with E-state index < -0.39 is 0 Å². The van der Waals surface area contributed by atoms with Gasteiger partial charge in [0.05, 0.1) is 11.2 Å². The fourth-order valence-corrected chi connectivity index (χ4v) is 16.9. The second-order valence-electron chi connectivity index (χ2n) is 31.8. The third kappa shape index (κ3) is 8.17. The Morgan fingerprint density at radius 1 is 0.357 bits per heavy atom. The average Bonchev–Trinajstić information content (AvgIpc) is 1.49. The van der Waals surface area contributed by atoms with E-state index in [2.05, 4.69) is 283 Å². The number of rotatable bonds is 5. The minimum Gasteiger partial charge on any atom is -0.334 e. The Kier molecular flexibility index (Phi) is 12.1. The van der Waals surface area contributed by atoms with Gasteiger partial charge in [-0.2, -0.15) is 0 Å². The minimum absolute atomic E-state index is 0.00847. The van der Waals surface area contributed by atoms with Gasteiger partial charge in [-0.15, -0.1) is 0 Å². The molecule has 2 atom stereocenters. The maximum atomic E-state index is 2.87. The number of hydrogen-bond acceptors (Lipinski definition) is 3. The monoisotopic (exact) mass is 1100 g/mol. The molecule has 428 valence electrons. The van der Waals surface area contributed by atoms with Gasteiger partial charge < -0.3 is 14.7 Å². The van der Waals surface area contributed by atoms with Crippen LogP contribution < -0.4 is 31.1 Å². The molecule has 1 saturated carbocycles. The van der Waals surface area contributed by atoms with Crippen LogP contribution in [0.25, 0.3) is 22.3 Å². The van der Waals surface area contributed by atoms with Crippen LogP contribution in [0.15, 0.2) is 158 Å². The molecule has 1 fully saturated rings. The third-order valence-electron chi connectivity index (χ3n) is 22.6. The zero-order valence-electron chi connectivity index (χ0n) is 53.6. The lowest BCUT2D eigenvalue weighted by molar-refractivity contribution is 0.195. The van der Waals surface area contributed by atoms with Crippen molar-refractivity contribution in [2.45, 2.75) is 206 Å². The quantitative estimate of drug-likeness (QED) is 0.159. The van der Waals surface area contributed by atoms with E-state index in [-0.39, 0.29) is 50.2 Å². The molecule has 8 aromatic rings. The number of benzene rings is 8. The molecule has 0 amide bonds. The van der Waals surface area contributed by atoms with Crippen molar-refractivity contribution in [2.24, 2.45) is 0 Å². The molecule has 3 aliphatic heterocycles. The Bertz CT molecular complexity index is 4000. The van der Waals surface area contributed by atoms with E-state index in [1.54, 1.807) is 0 Å². The van der Waals surface area contributed by atoms with Crippen LogP contribution in [0.4, 0.5) is 45.5 Å². The van der Waals surface area contributed by atoms with E-state index in [4.69, 9.17) is 0 Å². The summed E-state index contributed by atoms with van der Waals surface area (Å²) < 4.78 is 0. The van der Waals surface area contributed by atoms with Gasteiger partial charge in [0.1, 0.15) is 0 Å². The molecule has 0 spiro atoms. The molecule has 0 aromatic heterocycles. The summed E-state index contributed by atoms with van der Waals surface area (Å²) in [7, 11) is 0. The summed E-state index contributed by atoms with van der Waals surface area (Å²) in [5.41, 5.74) is 29.4. The predicted molar refractivity (Wildman–Crippen MR) is 362 cm³/mol. The van der Waals surface area contributed by atoms with Gasteiger partial charge in [0, 0.05) is 50.8 Å². The van der Waals surface area contributed by atoms with Gasteiger partial charge in [0.25, 0.3) is 6.71 Å². The molecule has 14 rings (SSSR count). The highest BCUT2D eigenvalue weighted by molar-refractivity contribution is 7.00. The average molecular weight is 1100 g/mol. The summed E-state index contributed by atoms with van der Waals surface area (Å²) in [6.45, 7) is 39.5. The number of hydrogen-bond donors (Lipinski definition) is 0. The molecule has 4 heteroatoms. The topological polar surface area (TPSA) is 9.72 Å². The van der Waals surface area contributed by atoms with Crippen LogP contribution in [0.2, 0.25) is 0 Å². The van der Waals surface area contributed by atoms with Crippen LogP contribution in [0.1, 0.15) is 201 Å². The molecule has 0 saturated heterocycles. The van der Waals surface area contributed by atoms with Gasteiger partial charge >= 0.3 is 0 Å². The molecule has 84 heavy (non-hydrogen) atoms. The molecule has 2 unspecified atom stereocenters. The smallest absolute Gasteiger partial charge is 0.252 e. The van der Waals surface area contributed by atoms with Crippen molar-refractivity contribution in [3.63, 3.8) is 0 Å². The van der Waals surface area contributed by atoms with E-state index in [9.17, 15) is 0 Å². The molecule has 0 N–H and O–H groups in total. The highest BCUT2D eigenvalue weighted by atomic mass is 15.3. The number of fused-ring (bicyclic) bond motifs is 9. The lowest BCUT2D eigenvalue weighted by atomic mass is 9.33. The first-order valence-electron chi connectivity index (χ1n) is 32.1. The number of anilines is 8. The molecule has 0 radical (unpaired) electrons. The second-order valence-corrected chi connectivity index (χ2v) is 31.8. The molecule has 8 aromatic carbocycles. The van der Waals surface area contributed by atoms with Gasteiger partial charge in [-0.25, -0.2) is 0 Å². The summed E-state index contributed by atoms with van der Waals surface area (Å²) in [6.07, 6.45) is 9.36. The second kappa shape index (κ2) is 18.4. The summed E-state index contributed by atoms with van der Waals surface area (Å²) in [4.78, 5) is 8.41. The van der Waals surface area contributed by atoms with Crippen LogP contribution in [-0.4, -0.2) is 12.3 Å². The summed E-state index contributed by atoms with van der Waals surface area (Å²) >= 11 is 0. The van der Waals surface area contributed by atoms with Crippen molar-refractivity contribution in [1.82, 2.24) is 0 Å². The van der Waals surface area contributed by atoms with Crippen molar-refractivity contribution >= 4 is 68.6 Å². The van der Waals surface area contributed by atoms with Crippen LogP contribution in [0.3, 0.4) is 0 Å². The molecule has 3 heterocycles. The third-order valence-corrected chi connectivity index (χ3v) is 22.6. The zero-order chi connectivity index (χ0) is 59.1. The fourth-order valence-electron chi connectivity index (χ4n) is 16.9. The maximum absolute atomic E-state index is 2.87. The molecule has 6 aliphatic rings. The highest BCUT2D eigenvalue weighted by Gasteiger charge is 2.58. The maximum Gasteiger partial charge on any atom is 0.252 e. The normalized spacial score (nSPS) is 22.0. The van der Waals surface area contributed by atoms with Crippen molar-refractivity contribution in [3.05, 3.63) is 197 Å². The lowest BCUT2D eigenvalue weighted by Crippen LogP contribution is -2.62. The summed E-state index contributed by atoms with van der Waals surface area (Å²) in [5.74, 6) is 0. The van der Waals surface area contributed by atoms with Crippen molar-refractivity contribution in [3.8, 4) is 22.3 Å². The van der Waals surface area contributed by atoms with Crippen LogP contribution >= 0.6 is 0 Å². The zero-order valence-corrected chi connectivity index (χ0v) is 53.6. The Morgan fingerprint density at radius 2 is 0.893 bits per heavy atom. The Morgan fingerprint density at radius 3 is 1.54 bits per heavy atom. The molecular weight excluding hydrogens is 1010 g/mol. The van der Waals surface area contributed by atoms with E-state index in [0.29, 0.717) is 0 Å². The largest absolute Gasteiger partial charge is 0.334 e. The Labute approximate surface area is 505 Å². The fraction of sp³-hybridized carbons (Fsp3) is 0.400. The Balaban J connectivity index is 1.15. The Hall–Kier alpha value is -6.78. The SMILES string of the molecule is CC(C)(C)c1ccc(N2c3cc(C(C)(C)C)ccc3B3c4cc5c(cc4N(c4ccc6c(c4)C(C)(C)CCC6(C)C)c4cc(N6c7ccc(-c8ccccc8)cc7C7(C)CCCCC67C)cc2c43)C(C)(C)CCC5(C)C)c(-c2ccccc2)c1. The van der Waals surface area contributed by atoms with Gasteiger partial charge in [0.2, 0.25) is 0 Å². The van der Waals surface area contributed by atoms with E-state index in [1.807, 2.05) is 0 Å². The van der Waals surface area contributed by atoms with E-state index in [1.165, 1.54) is 142 Å². The first-order valence-corrected chi connectivity index (χ1v) is 32.1. The highest BCUT2D eigenvalue weighted by Crippen LogP contribution is 2.63. The number of nitrogens with zero attached hydrogens (tertiary/aromatic N) is 3. The molecular formula is C80H90BN3. The lowest BCUT2D eigenvalue weighted by Gasteiger charge is -2.51. The van der Waals surface area contributed by atoms with Crippen LogP contribution in [-0.2, 0) is 37.9 Å². The van der Waals surface area contributed by atoms with Gasteiger partial charge in [0.15, 0.2) is 0 Å². The van der Waals surface area contributed by atoms with Gasteiger partial charge in [-0.1, -0.05) is 214 Å². The predicted octanol–water partition coefficient (Wildman–Crippen LogP) is 20.1.